The van der Waals surface area contributed by atoms with Crippen molar-refractivity contribution >= 4 is 32.7 Å². The zero-order chi connectivity index (χ0) is 18.2. The molecule has 0 unspecified atom stereocenters. The Morgan fingerprint density at radius 2 is 1.80 bits per heavy atom. The molecule has 0 atom stereocenters. The molecule has 0 amide bonds. The average Bonchev–Trinajstić information content (AvgIpc) is 3.01. The van der Waals surface area contributed by atoms with Gasteiger partial charge in [-0.1, -0.05) is 12.1 Å². The van der Waals surface area contributed by atoms with Crippen molar-refractivity contribution in [1.82, 2.24) is 8.96 Å². The molecule has 0 bridgehead atoms. The van der Waals surface area contributed by atoms with Crippen molar-refractivity contribution in [3.8, 4) is 0 Å². The number of nitrogens with zero attached hydrogens (tertiary/aromatic N) is 3. The Kier molecular flexibility index (Phi) is 3.97. The molecule has 1 heterocycles. The van der Waals surface area contributed by atoms with Crippen molar-refractivity contribution in [1.29, 1.82) is 0 Å². The second kappa shape index (κ2) is 5.98. The highest BCUT2D eigenvalue weighted by molar-refractivity contribution is 7.90. The van der Waals surface area contributed by atoms with Crippen LogP contribution in [0.5, 0.6) is 0 Å². The summed E-state index contributed by atoms with van der Waals surface area (Å²) < 4.78 is 31.3. The van der Waals surface area contributed by atoms with E-state index in [2.05, 4.69) is 9.72 Å². The fourth-order valence-corrected chi connectivity index (χ4v) is 3.76. The van der Waals surface area contributed by atoms with E-state index in [0.717, 1.165) is 35.3 Å². The molecule has 0 radical (unpaired) electrons. The minimum Gasteiger partial charge on any atom is -0.463 e. The van der Waals surface area contributed by atoms with Crippen LogP contribution in [0.4, 0.5) is 5.69 Å². The Morgan fingerprint density at radius 3 is 2.40 bits per heavy atom. The van der Waals surface area contributed by atoms with Gasteiger partial charge in [-0.05, 0) is 24.3 Å². The molecule has 1 aromatic heterocycles. The summed E-state index contributed by atoms with van der Waals surface area (Å²) in [5, 5.41) is 10.7. The first-order chi connectivity index (χ1) is 11.9. The lowest BCUT2D eigenvalue weighted by atomic mass is 10.3. The van der Waals surface area contributed by atoms with E-state index < -0.39 is 26.7 Å². The van der Waals surface area contributed by atoms with Crippen LogP contribution in [0.3, 0.4) is 0 Å². The lowest BCUT2D eigenvalue weighted by Crippen LogP contribution is -2.20. The van der Waals surface area contributed by atoms with E-state index in [1.54, 1.807) is 18.2 Å². The number of nitro benzene ring substituents is 1. The Morgan fingerprint density at radius 1 is 1.16 bits per heavy atom. The molecule has 0 N–H and O–H groups in total. The number of carbonyl (C=O) groups is 1. The molecular weight excluding hydrogens is 350 g/mol. The van der Waals surface area contributed by atoms with Gasteiger partial charge in [-0.15, -0.1) is 0 Å². The van der Waals surface area contributed by atoms with Crippen LogP contribution >= 0.6 is 0 Å². The zero-order valence-corrected chi connectivity index (χ0v) is 13.6. The number of ether oxygens (including phenoxy) is 1. The van der Waals surface area contributed by atoms with Gasteiger partial charge in [0.25, 0.3) is 15.7 Å². The van der Waals surface area contributed by atoms with Crippen LogP contribution in [0.15, 0.2) is 53.4 Å². The number of nitro groups is 1. The lowest BCUT2D eigenvalue weighted by molar-refractivity contribution is -0.384. The molecule has 0 saturated heterocycles. The van der Waals surface area contributed by atoms with Crippen LogP contribution in [-0.4, -0.2) is 35.4 Å². The molecule has 2 aromatic carbocycles. The zero-order valence-electron chi connectivity index (χ0n) is 12.8. The summed E-state index contributed by atoms with van der Waals surface area (Å²) in [6.07, 6.45) is 0. The largest absolute Gasteiger partial charge is 0.463 e. The Hall–Kier alpha value is -3.27. The molecule has 0 aliphatic heterocycles. The average molecular weight is 361 g/mol. The predicted molar refractivity (Wildman–Crippen MR) is 86.8 cm³/mol. The quantitative estimate of drug-likeness (QED) is 0.395. The molecule has 9 nitrogen and oxygen atoms in total. The lowest BCUT2D eigenvalue weighted by Gasteiger charge is -2.09. The Bertz CT molecular complexity index is 1090. The molecule has 3 rings (SSSR count). The summed E-state index contributed by atoms with van der Waals surface area (Å²) in [4.78, 5) is 25.9. The highest BCUT2D eigenvalue weighted by Gasteiger charge is 2.28. The number of imidazole rings is 1. The maximum Gasteiger partial charge on any atom is 0.375 e. The summed E-state index contributed by atoms with van der Waals surface area (Å²) in [5.74, 6) is -1.32. The van der Waals surface area contributed by atoms with Gasteiger partial charge in [-0.3, -0.25) is 10.1 Å². The molecule has 3 aromatic rings. The number of para-hydroxylation sites is 2. The van der Waals surface area contributed by atoms with Crippen molar-refractivity contribution in [3.63, 3.8) is 0 Å². The van der Waals surface area contributed by atoms with Crippen LogP contribution in [0.25, 0.3) is 11.0 Å². The number of esters is 1. The fourth-order valence-electron chi connectivity index (χ4n) is 2.31. The maximum atomic E-state index is 13.0. The number of carbonyl (C=O) groups excluding carboxylic acids is 1. The van der Waals surface area contributed by atoms with Gasteiger partial charge in [0, 0.05) is 12.1 Å². The Balaban J connectivity index is 2.26. The van der Waals surface area contributed by atoms with Gasteiger partial charge in [0.15, 0.2) is 0 Å². The topological polar surface area (TPSA) is 121 Å². The molecular formula is C15H11N3O6S. The number of hydrogen-bond donors (Lipinski definition) is 0. The van der Waals surface area contributed by atoms with Crippen LogP contribution in [-0.2, 0) is 14.8 Å². The van der Waals surface area contributed by atoms with E-state index in [-0.39, 0.29) is 16.1 Å². The van der Waals surface area contributed by atoms with E-state index in [4.69, 9.17) is 0 Å². The van der Waals surface area contributed by atoms with Crippen molar-refractivity contribution in [2.24, 2.45) is 0 Å². The second-order valence-corrected chi connectivity index (χ2v) is 6.72. The van der Waals surface area contributed by atoms with E-state index >= 15 is 0 Å². The summed E-state index contributed by atoms with van der Waals surface area (Å²) in [5.41, 5.74) is 0.247. The second-order valence-electron chi connectivity index (χ2n) is 4.94. The number of fused-ring (bicyclic) bond motifs is 1. The van der Waals surface area contributed by atoms with Gasteiger partial charge in [0.05, 0.1) is 28.0 Å². The summed E-state index contributed by atoms with van der Waals surface area (Å²) >= 11 is 0. The van der Waals surface area contributed by atoms with Crippen LogP contribution in [0, 0.1) is 10.1 Å². The SMILES string of the molecule is COC(=O)c1nc2ccccc2n1S(=O)(=O)c1ccc([N+](=O)[O-])cc1. The molecule has 25 heavy (non-hydrogen) atoms. The molecule has 0 spiro atoms. The van der Waals surface area contributed by atoms with Gasteiger partial charge in [0.2, 0.25) is 5.82 Å². The predicted octanol–water partition coefficient (Wildman–Crippen LogP) is 1.97. The maximum absolute atomic E-state index is 13.0. The number of rotatable bonds is 4. The molecule has 10 heteroatoms. The highest BCUT2D eigenvalue weighted by atomic mass is 32.2. The van der Waals surface area contributed by atoms with Gasteiger partial charge < -0.3 is 4.74 Å². The van der Waals surface area contributed by atoms with Crippen molar-refractivity contribution in [2.75, 3.05) is 7.11 Å². The third kappa shape index (κ3) is 2.72. The standard InChI is InChI=1S/C15H11N3O6S/c1-24-15(19)14-16-12-4-2-3-5-13(12)17(14)25(22,23)11-8-6-10(7-9-11)18(20)21/h2-9H,1H3. The summed E-state index contributed by atoms with van der Waals surface area (Å²) in [6, 6.07) is 10.7. The molecule has 0 saturated carbocycles. The van der Waals surface area contributed by atoms with Gasteiger partial charge >= 0.3 is 5.97 Å². The molecule has 128 valence electrons. The number of benzene rings is 2. The van der Waals surface area contributed by atoms with Crippen molar-refractivity contribution in [3.05, 3.63) is 64.5 Å². The van der Waals surface area contributed by atoms with Gasteiger partial charge in [0.1, 0.15) is 0 Å². The normalized spacial score (nSPS) is 11.4. The first-order valence-electron chi connectivity index (χ1n) is 6.92. The van der Waals surface area contributed by atoms with Gasteiger partial charge in [-0.25, -0.2) is 22.2 Å². The molecule has 0 aliphatic carbocycles. The minimum absolute atomic E-state index is 0.196. The van der Waals surface area contributed by atoms with E-state index in [9.17, 15) is 23.3 Å². The smallest absolute Gasteiger partial charge is 0.375 e. The van der Waals surface area contributed by atoms with E-state index in [1.807, 2.05) is 0 Å². The first kappa shape index (κ1) is 16.6. The van der Waals surface area contributed by atoms with Crippen molar-refractivity contribution in [2.45, 2.75) is 4.90 Å². The monoisotopic (exact) mass is 361 g/mol. The van der Waals surface area contributed by atoms with Crippen LogP contribution in [0.2, 0.25) is 0 Å². The van der Waals surface area contributed by atoms with Crippen LogP contribution in [0.1, 0.15) is 10.6 Å². The van der Waals surface area contributed by atoms with E-state index in [1.165, 1.54) is 6.07 Å². The minimum atomic E-state index is -4.22. The number of non-ortho nitro benzene ring substituents is 1. The number of hydrogen-bond acceptors (Lipinski definition) is 7. The summed E-state index contributed by atoms with van der Waals surface area (Å²) in [7, 11) is -3.10. The third-order valence-electron chi connectivity index (χ3n) is 3.47. The van der Waals surface area contributed by atoms with Gasteiger partial charge in [-0.2, -0.15) is 0 Å². The highest BCUT2D eigenvalue weighted by Crippen LogP contribution is 2.25. The molecule has 0 fully saturated rings. The number of aromatic nitrogens is 2. The molecule has 0 aliphatic rings. The van der Waals surface area contributed by atoms with Crippen molar-refractivity contribution < 1.29 is 22.9 Å². The number of methoxy groups -OCH3 is 1. The van der Waals surface area contributed by atoms with E-state index in [0.29, 0.717) is 5.52 Å². The summed E-state index contributed by atoms with van der Waals surface area (Å²) in [6.45, 7) is 0. The Labute approximate surface area is 141 Å². The first-order valence-corrected chi connectivity index (χ1v) is 8.36. The third-order valence-corrected chi connectivity index (χ3v) is 5.19. The van der Waals surface area contributed by atoms with Crippen LogP contribution < -0.4 is 0 Å². The fraction of sp³-hybridized carbons (Fsp3) is 0.0667.